The Morgan fingerprint density at radius 3 is 2.56 bits per heavy atom. The van der Waals surface area contributed by atoms with E-state index >= 15 is 0 Å². The molecular formula is C24H22BrClN2O4. The van der Waals surface area contributed by atoms with Crippen molar-refractivity contribution < 1.29 is 19.4 Å². The second kappa shape index (κ2) is 10.5. The zero-order valence-electron chi connectivity index (χ0n) is 17.8. The van der Waals surface area contributed by atoms with Crippen molar-refractivity contribution in [2.75, 3.05) is 7.11 Å². The molecule has 0 bridgehead atoms. The molecule has 0 radical (unpaired) electrons. The first-order valence-corrected chi connectivity index (χ1v) is 10.8. The van der Waals surface area contributed by atoms with Gasteiger partial charge >= 0.3 is 0 Å². The molecule has 0 fully saturated rings. The highest BCUT2D eigenvalue weighted by atomic mass is 79.9. The standard InChI is InChI=1S/C24H22BrClN2O4/c1-14-8-19(9-15(2)23(14)26)32-13-17-10-16(4-7-22(17)31-3)12-27-28-24(30)20-11-18(25)5-6-21(20)29/h4-12,29H,13H2,1-3H3,(H,28,30)/b27-12+. The van der Waals surface area contributed by atoms with Gasteiger partial charge in [0.25, 0.3) is 5.91 Å². The van der Waals surface area contributed by atoms with Crippen LogP contribution in [0.25, 0.3) is 0 Å². The topological polar surface area (TPSA) is 80.2 Å². The summed E-state index contributed by atoms with van der Waals surface area (Å²) in [7, 11) is 1.59. The van der Waals surface area contributed by atoms with Gasteiger partial charge in [-0.2, -0.15) is 5.10 Å². The van der Waals surface area contributed by atoms with E-state index in [9.17, 15) is 9.90 Å². The number of carbonyl (C=O) groups is 1. The number of hydrogen-bond acceptors (Lipinski definition) is 5. The molecular weight excluding hydrogens is 496 g/mol. The number of amides is 1. The average molecular weight is 518 g/mol. The van der Waals surface area contributed by atoms with Crippen LogP contribution in [-0.2, 0) is 6.61 Å². The Morgan fingerprint density at radius 2 is 1.88 bits per heavy atom. The van der Waals surface area contributed by atoms with Crippen molar-refractivity contribution in [3.63, 3.8) is 0 Å². The number of ether oxygens (including phenoxy) is 2. The van der Waals surface area contributed by atoms with E-state index in [0.717, 1.165) is 27.3 Å². The van der Waals surface area contributed by atoms with Gasteiger partial charge in [-0.3, -0.25) is 4.79 Å². The Balaban J connectivity index is 1.71. The minimum absolute atomic E-state index is 0.119. The zero-order valence-corrected chi connectivity index (χ0v) is 20.1. The molecule has 2 N–H and O–H groups in total. The van der Waals surface area contributed by atoms with Crippen LogP contribution in [0.2, 0.25) is 5.02 Å². The van der Waals surface area contributed by atoms with Gasteiger partial charge in [0.15, 0.2) is 0 Å². The lowest BCUT2D eigenvalue weighted by Gasteiger charge is -2.13. The molecule has 3 aromatic rings. The Morgan fingerprint density at radius 1 is 1.16 bits per heavy atom. The summed E-state index contributed by atoms with van der Waals surface area (Å²) in [5, 5.41) is 14.6. The van der Waals surface area contributed by atoms with Crippen LogP contribution in [0.15, 0.2) is 58.1 Å². The van der Waals surface area contributed by atoms with Crippen molar-refractivity contribution >= 4 is 39.7 Å². The number of hydrogen-bond donors (Lipinski definition) is 2. The molecule has 1 amide bonds. The van der Waals surface area contributed by atoms with Crippen LogP contribution in [0.3, 0.4) is 0 Å². The van der Waals surface area contributed by atoms with E-state index in [4.69, 9.17) is 21.1 Å². The average Bonchev–Trinajstić information content (AvgIpc) is 2.77. The number of aromatic hydroxyl groups is 1. The molecule has 8 heteroatoms. The monoisotopic (exact) mass is 516 g/mol. The first-order chi connectivity index (χ1) is 15.3. The van der Waals surface area contributed by atoms with E-state index in [2.05, 4.69) is 26.5 Å². The lowest BCUT2D eigenvalue weighted by atomic mass is 10.1. The summed E-state index contributed by atoms with van der Waals surface area (Å²) in [6, 6.07) is 13.8. The summed E-state index contributed by atoms with van der Waals surface area (Å²) in [5.41, 5.74) is 5.98. The summed E-state index contributed by atoms with van der Waals surface area (Å²) < 4.78 is 12.1. The third-order valence-electron chi connectivity index (χ3n) is 4.69. The summed E-state index contributed by atoms with van der Waals surface area (Å²) in [5.74, 6) is 0.738. The molecule has 32 heavy (non-hydrogen) atoms. The molecule has 0 aliphatic heterocycles. The molecule has 3 aromatic carbocycles. The number of phenols is 1. The van der Waals surface area contributed by atoms with Gasteiger partial charge in [-0.05, 0) is 79.1 Å². The van der Waals surface area contributed by atoms with Crippen LogP contribution in [0.1, 0.15) is 32.6 Å². The van der Waals surface area contributed by atoms with Crippen molar-refractivity contribution in [1.82, 2.24) is 5.43 Å². The molecule has 0 unspecified atom stereocenters. The molecule has 0 aliphatic carbocycles. The minimum Gasteiger partial charge on any atom is -0.507 e. The molecule has 166 valence electrons. The van der Waals surface area contributed by atoms with Gasteiger partial charge in [-0.25, -0.2) is 5.43 Å². The number of carbonyl (C=O) groups excluding carboxylic acids is 1. The minimum atomic E-state index is -0.523. The predicted molar refractivity (Wildman–Crippen MR) is 129 cm³/mol. The molecule has 6 nitrogen and oxygen atoms in total. The third kappa shape index (κ3) is 5.81. The van der Waals surface area contributed by atoms with Gasteiger partial charge in [0.05, 0.1) is 18.9 Å². The first kappa shape index (κ1) is 23.6. The molecule has 0 aromatic heterocycles. The Hall–Kier alpha value is -3.03. The Labute approximate surface area is 200 Å². The van der Waals surface area contributed by atoms with E-state index in [1.54, 1.807) is 19.2 Å². The lowest BCUT2D eigenvalue weighted by molar-refractivity contribution is 0.0952. The van der Waals surface area contributed by atoms with E-state index in [1.807, 2.05) is 38.1 Å². The fraction of sp³-hybridized carbons (Fsp3) is 0.167. The number of nitrogens with zero attached hydrogens (tertiary/aromatic N) is 1. The largest absolute Gasteiger partial charge is 0.507 e. The number of aryl methyl sites for hydroxylation is 2. The van der Waals surface area contributed by atoms with Gasteiger partial charge in [-0.1, -0.05) is 27.5 Å². The number of hydrazone groups is 1. The number of halogens is 2. The maximum atomic E-state index is 12.3. The Bertz CT molecular complexity index is 1160. The summed E-state index contributed by atoms with van der Waals surface area (Å²) in [4.78, 5) is 12.3. The Kier molecular flexibility index (Phi) is 7.77. The van der Waals surface area contributed by atoms with Gasteiger partial charge in [0, 0.05) is 15.1 Å². The first-order valence-electron chi connectivity index (χ1n) is 9.67. The third-order valence-corrected chi connectivity index (χ3v) is 5.78. The van der Waals surface area contributed by atoms with Gasteiger partial charge in [0.2, 0.25) is 0 Å². The lowest BCUT2D eigenvalue weighted by Crippen LogP contribution is -2.17. The van der Waals surface area contributed by atoms with Crippen LogP contribution in [0.5, 0.6) is 17.2 Å². The van der Waals surface area contributed by atoms with Crippen molar-refractivity contribution in [1.29, 1.82) is 0 Å². The zero-order chi connectivity index (χ0) is 23.3. The van der Waals surface area contributed by atoms with Gasteiger partial charge in [-0.15, -0.1) is 0 Å². The number of benzene rings is 3. The van der Waals surface area contributed by atoms with E-state index < -0.39 is 5.91 Å². The van der Waals surface area contributed by atoms with Crippen molar-refractivity contribution in [2.24, 2.45) is 5.10 Å². The number of methoxy groups -OCH3 is 1. The molecule has 0 aliphatic rings. The van der Waals surface area contributed by atoms with Gasteiger partial charge < -0.3 is 14.6 Å². The smallest absolute Gasteiger partial charge is 0.275 e. The van der Waals surface area contributed by atoms with Crippen molar-refractivity contribution in [3.05, 3.63) is 85.8 Å². The van der Waals surface area contributed by atoms with Crippen LogP contribution in [0.4, 0.5) is 0 Å². The fourth-order valence-corrected chi connectivity index (χ4v) is 3.53. The molecule has 0 atom stereocenters. The molecule has 0 saturated heterocycles. The van der Waals surface area contributed by atoms with E-state index in [1.165, 1.54) is 18.3 Å². The highest BCUT2D eigenvalue weighted by Gasteiger charge is 2.11. The van der Waals surface area contributed by atoms with Gasteiger partial charge in [0.1, 0.15) is 23.9 Å². The molecule has 0 spiro atoms. The normalized spacial score (nSPS) is 10.9. The SMILES string of the molecule is COc1ccc(/C=N/NC(=O)c2cc(Br)ccc2O)cc1COc1cc(C)c(Cl)c(C)c1. The molecule has 3 rings (SSSR count). The number of rotatable bonds is 7. The van der Waals surface area contributed by atoms with E-state index in [-0.39, 0.29) is 17.9 Å². The summed E-state index contributed by atoms with van der Waals surface area (Å²) >= 11 is 9.50. The fourth-order valence-electron chi connectivity index (χ4n) is 3.06. The maximum absolute atomic E-state index is 12.3. The quantitative estimate of drug-likeness (QED) is 0.308. The predicted octanol–water partition coefficient (Wildman–Crippen LogP) is 5.78. The van der Waals surface area contributed by atoms with Crippen molar-refractivity contribution in [3.8, 4) is 17.2 Å². The van der Waals surface area contributed by atoms with Crippen LogP contribution >= 0.6 is 27.5 Å². The van der Waals surface area contributed by atoms with E-state index in [0.29, 0.717) is 16.0 Å². The summed E-state index contributed by atoms with van der Waals surface area (Å²) in [6.45, 7) is 4.15. The second-order valence-electron chi connectivity index (χ2n) is 7.09. The van der Waals surface area contributed by atoms with Crippen LogP contribution in [-0.4, -0.2) is 24.3 Å². The highest BCUT2D eigenvalue weighted by Crippen LogP contribution is 2.28. The summed E-state index contributed by atoms with van der Waals surface area (Å²) in [6.07, 6.45) is 1.51. The number of phenolic OH excluding ortho intramolecular Hbond substituents is 1. The van der Waals surface area contributed by atoms with Crippen LogP contribution < -0.4 is 14.9 Å². The molecule has 0 saturated carbocycles. The molecule has 0 heterocycles. The number of nitrogens with one attached hydrogen (secondary N) is 1. The van der Waals surface area contributed by atoms with Crippen molar-refractivity contribution in [2.45, 2.75) is 20.5 Å². The van der Waals surface area contributed by atoms with Crippen LogP contribution in [0, 0.1) is 13.8 Å². The maximum Gasteiger partial charge on any atom is 0.275 e. The second-order valence-corrected chi connectivity index (χ2v) is 8.39. The highest BCUT2D eigenvalue weighted by molar-refractivity contribution is 9.10.